The molecule has 0 unspecified atom stereocenters. The Morgan fingerprint density at radius 1 is 1.12 bits per heavy atom. The van der Waals surface area contributed by atoms with Crippen molar-refractivity contribution < 1.29 is 32.2 Å². The highest BCUT2D eigenvalue weighted by molar-refractivity contribution is 5.93. The second-order valence-electron chi connectivity index (χ2n) is 5.69. The van der Waals surface area contributed by atoms with E-state index in [-0.39, 0.29) is 19.3 Å². The zero-order valence-electron chi connectivity index (χ0n) is 13.5. The molecule has 24 heavy (non-hydrogen) atoms. The molecule has 0 spiro atoms. The van der Waals surface area contributed by atoms with Gasteiger partial charge >= 0.3 is 12.1 Å². The van der Waals surface area contributed by atoms with Gasteiger partial charge in [0.1, 0.15) is 17.0 Å². The van der Waals surface area contributed by atoms with Crippen molar-refractivity contribution in [3.8, 4) is 11.5 Å². The molecular weight excluding hydrogens is 327 g/mol. The van der Waals surface area contributed by atoms with Crippen LogP contribution in [-0.4, -0.2) is 37.6 Å². The van der Waals surface area contributed by atoms with Gasteiger partial charge in [-0.15, -0.1) is 0 Å². The molecular formula is C16H18F3NO4. The van der Waals surface area contributed by atoms with Crippen molar-refractivity contribution in [2.45, 2.75) is 37.9 Å². The highest BCUT2D eigenvalue weighted by Crippen LogP contribution is 2.40. The van der Waals surface area contributed by atoms with Gasteiger partial charge in [0.05, 0.1) is 14.2 Å². The Balaban J connectivity index is 2.46. The predicted molar refractivity (Wildman–Crippen MR) is 79.2 cm³/mol. The molecule has 1 N–H and O–H groups in total. The summed E-state index contributed by atoms with van der Waals surface area (Å²) in [5, 5.41) is 1.89. The van der Waals surface area contributed by atoms with E-state index in [2.05, 4.69) is 0 Å². The quantitative estimate of drug-likeness (QED) is 0.909. The number of alkyl halides is 3. The molecule has 0 bridgehead atoms. The molecule has 132 valence electrons. The van der Waals surface area contributed by atoms with Crippen LogP contribution in [0.3, 0.4) is 0 Å². The first-order valence-corrected chi connectivity index (χ1v) is 7.27. The van der Waals surface area contributed by atoms with Crippen LogP contribution < -0.4 is 14.8 Å². The molecule has 1 aliphatic rings. The number of halogens is 3. The minimum absolute atomic E-state index is 0.0562. The van der Waals surface area contributed by atoms with Gasteiger partial charge in [0.25, 0.3) is 0 Å². The fraction of sp³-hybridized carbons (Fsp3) is 0.500. The summed E-state index contributed by atoms with van der Waals surface area (Å²) >= 11 is 0. The van der Waals surface area contributed by atoms with Crippen molar-refractivity contribution in [1.82, 2.24) is 5.32 Å². The molecule has 0 saturated heterocycles. The van der Waals surface area contributed by atoms with Crippen molar-refractivity contribution in [3.63, 3.8) is 0 Å². The van der Waals surface area contributed by atoms with Crippen LogP contribution in [0.25, 0.3) is 0 Å². The summed E-state index contributed by atoms with van der Waals surface area (Å²) in [7, 11) is 2.92. The lowest BCUT2D eigenvalue weighted by Gasteiger charge is -2.38. The number of rotatable bonds is 4. The van der Waals surface area contributed by atoms with E-state index in [4.69, 9.17) is 9.47 Å². The second-order valence-corrected chi connectivity index (χ2v) is 5.69. The van der Waals surface area contributed by atoms with Gasteiger partial charge in [-0.05, 0) is 31.9 Å². The number of Topliss-reactive ketones (excluding diaryl/α,β-unsaturated/α-hetero) is 1. The van der Waals surface area contributed by atoms with E-state index >= 15 is 0 Å². The van der Waals surface area contributed by atoms with E-state index in [1.807, 2.05) is 5.32 Å². The number of fused-ring (bicyclic) bond motifs is 1. The number of ketones is 1. The average Bonchev–Trinajstić information content (AvgIpc) is 2.52. The normalized spacial score (nSPS) is 20.1. The third-order valence-corrected chi connectivity index (χ3v) is 4.35. The number of carbonyl (C=O) groups excluding carboxylic acids is 2. The molecule has 8 heteroatoms. The minimum atomic E-state index is -5.05. The standard InChI is InChI=1S/C16H18F3NO4/c1-9(21)15(20-14(22)16(17,18)19)7-6-10-11(8-15)13(24-3)5-4-12(10)23-2/h4-5H,6-8H2,1-3H3,(H,20,22)/t15-/m1/s1. The molecule has 0 fully saturated rings. The second kappa shape index (κ2) is 6.33. The van der Waals surface area contributed by atoms with Crippen molar-refractivity contribution in [1.29, 1.82) is 0 Å². The van der Waals surface area contributed by atoms with Crippen LogP contribution in [0.1, 0.15) is 24.5 Å². The Morgan fingerprint density at radius 2 is 1.67 bits per heavy atom. The number of nitrogens with one attached hydrogen (secondary N) is 1. The lowest BCUT2D eigenvalue weighted by molar-refractivity contribution is -0.176. The van der Waals surface area contributed by atoms with Gasteiger partial charge in [-0.1, -0.05) is 0 Å². The molecule has 1 aromatic rings. The Bertz CT molecular complexity index is 672. The smallest absolute Gasteiger partial charge is 0.471 e. The molecule has 0 radical (unpaired) electrons. The van der Waals surface area contributed by atoms with Gasteiger partial charge in [0, 0.05) is 17.5 Å². The monoisotopic (exact) mass is 345 g/mol. The summed E-state index contributed by atoms with van der Waals surface area (Å²) in [6.45, 7) is 1.17. The van der Waals surface area contributed by atoms with Crippen LogP contribution in [0.5, 0.6) is 11.5 Å². The summed E-state index contributed by atoms with van der Waals surface area (Å²) in [4.78, 5) is 23.5. The minimum Gasteiger partial charge on any atom is -0.496 e. The first kappa shape index (κ1) is 18.1. The average molecular weight is 345 g/mol. The fourth-order valence-corrected chi connectivity index (χ4v) is 3.01. The number of hydrogen-bond donors (Lipinski definition) is 1. The maximum atomic E-state index is 12.6. The van der Waals surface area contributed by atoms with Gasteiger partial charge < -0.3 is 14.8 Å². The molecule has 0 aliphatic heterocycles. The summed E-state index contributed by atoms with van der Waals surface area (Å²) in [6.07, 6.45) is -4.80. The number of amides is 1. The van der Waals surface area contributed by atoms with Gasteiger partial charge in [-0.2, -0.15) is 13.2 Å². The number of carbonyl (C=O) groups is 2. The van der Waals surface area contributed by atoms with Gasteiger partial charge in [-0.25, -0.2) is 0 Å². The third kappa shape index (κ3) is 3.18. The number of ether oxygens (including phenoxy) is 2. The molecule has 2 rings (SSSR count). The highest BCUT2D eigenvalue weighted by Gasteiger charge is 2.48. The highest BCUT2D eigenvalue weighted by atomic mass is 19.4. The predicted octanol–water partition coefficient (Wildman–Crippen LogP) is 2.20. The molecule has 1 atom stereocenters. The molecule has 1 aromatic carbocycles. The Hall–Kier alpha value is -2.25. The zero-order valence-corrected chi connectivity index (χ0v) is 13.5. The fourth-order valence-electron chi connectivity index (χ4n) is 3.01. The van der Waals surface area contributed by atoms with Crippen molar-refractivity contribution >= 4 is 11.7 Å². The van der Waals surface area contributed by atoms with Crippen LogP contribution in [0, 0.1) is 0 Å². The van der Waals surface area contributed by atoms with Crippen LogP contribution in [0.4, 0.5) is 13.2 Å². The van der Waals surface area contributed by atoms with E-state index in [0.29, 0.717) is 17.1 Å². The molecule has 0 saturated carbocycles. The summed E-state index contributed by atoms with van der Waals surface area (Å²) in [6, 6.07) is 3.33. The molecule has 0 heterocycles. The Kier molecular flexibility index (Phi) is 4.77. The third-order valence-electron chi connectivity index (χ3n) is 4.35. The molecule has 0 aromatic heterocycles. The summed E-state index contributed by atoms with van der Waals surface area (Å²) in [5.74, 6) is -1.64. The van der Waals surface area contributed by atoms with E-state index in [1.165, 1.54) is 21.1 Å². The first-order valence-electron chi connectivity index (χ1n) is 7.27. The van der Waals surface area contributed by atoms with E-state index in [9.17, 15) is 22.8 Å². The summed E-state index contributed by atoms with van der Waals surface area (Å²) < 4.78 is 48.4. The number of benzene rings is 1. The lowest BCUT2D eigenvalue weighted by Crippen LogP contribution is -2.59. The van der Waals surface area contributed by atoms with Crippen LogP contribution in [0.2, 0.25) is 0 Å². The SMILES string of the molecule is COc1ccc(OC)c2c1CC[C@](NC(=O)C(F)(F)F)(C(C)=O)C2. The van der Waals surface area contributed by atoms with Crippen LogP contribution >= 0.6 is 0 Å². The first-order chi connectivity index (χ1) is 11.1. The van der Waals surface area contributed by atoms with Crippen molar-refractivity contribution in [2.75, 3.05) is 14.2 Å². The maximum absolute atomic E-state index is 12.6. The Morgan fingerprint density at radius 3 is 2.12 bits per heavy atom. The number of methoxy groups -OCH3 is 2. The van der Waals surface area contributed by atoms with Gasteiger partial charge in [0.15, 0.2) is 5.78 Å². The van der Waals surface area contributed by atoms with Gasteiger partial charge in [-0.3, -0.25) is 9.59 Å². The van der Waals surface area contributed by atoms with Crippen LogP contribution in [-0.2, 0) is 22.4 Å². The van der Waals surface area contributed by atoms with Crippen LogP contribution in [0.15, 0.2) is 12.1 Å². The van der Waals surface area contributed by atoms with E-state index in [0.717, 1.165) is 5.56 Å². The van der Waals surface area contributed by atoms with E-state index < -0.39 is 23.4 Å². The molecule has 1 aliphatic carbocycles. The number of hydrogen-bond acceptors (Lipinski definition) is 4. The molecule has 5 nitrogen and oxygen atoms in total. The van der Waals surface area contributed by atoms with Crippen molar-refractivity contribution in [2.24, 2.45) is 0 Å². The zero-order chi connectivity index (χ0) is 18.1. The maximum Gasteiger partial charge on any atom is 0.471 e. The largest absolute Gasteiger partial charge is 0.496 e. The topological polar surface area (TPSA) is 64.6 Å². The summed E-state index contributed by atoms with van der Waals surface area (Å²) in [5.41, 5.74) is -0.269. The molecule has 1 amide bonds. The Labute approximate surface area is 137 Å². The lowest BCUT2D eigenvalue weighted by atomic mass is 9.75. The van der Waals surface area contributed by atoms with E-state index in [1.54, 1.807) is 12.1 Å². The van der Waals surface area contributed by atoms with Crippen molar-refractivity contribution in [3.05, 3.63) is 23.3 Å². The van der Waals surface area contributed by atoms with Gasteiger partial charge in [0.2, 0.25) is 0 Å².